The molecular formula is C19H25Cl2N5O. The highest BCUT2D eigenvalue weighted by atomic mass is 35.5. The molecule has 1 aliphatic heterocycles. The maximum atomic E-state index is 9.91. The van der Waals surface area contributed by atoms with Crippen LogP contribution in [0.3, 0.4) is 0 Å². The third kappa shape index (κ3) is 3.90. The van der Waals surface area contributed by atoms with Gasteiger partial charge in [0.05, 0.1) is 23.0 Å². The summed E-state index contributed by atoms with van der Waals surface area (Å²) in [6, 6.07) is 1.90. The number of piperidine rings is 1. The van der Waals surface area contributed by atoms with Crippen molar-refractivity contribution in [3.63, 3.8) is 0 Å². The Hall–Kier alpha value is -1.47. The van der Waals surface area contributed by atoms with Crippen molar-refractivity contribution in [3.05, 3.63) is 33.8 Å². The third-order valence-corrected chi connectivity index (χ3v) is 6.44. The van der Waals surface area contributed by atoms with E-state index in [0.29, 0.717) is 22.0 Å². The first-order chi connectivity index (χ1) is 12.8. The molecule has 0 radical (unpaired) electrons. The van der Waals surface area contributed by atoms with Crippen LogP contribution in [0, 0.1) is 12.3 Å². The third-order valence-electron chi connectivity index (χ3n) is 5.68. The van der Waals surface area contributed by atoms with Crippen LogP contribution in [0.25, 0.3) is 11.3 Å². The van der Waals surface area contributed by atoms with E-state index in [4.69, 9.17) is 33.9 Å². The van der Waals surface area contributed by atoms with E-state index >= 15 is 0 Å². The largest absolute Gasteiger partial charge is 0.390 e. The number of nitrogens with two attached hydrogens (primary N) is 1. The topological polar surface area (TPSA) is 88.2 Å². The molecule has 0 saturated carbocycles. The molecule has 1 fully saturated rings. The highest BCUT2D eigenvalue weighted by Crippen LogP contribution is 2.37. The molecule has 0 aromatic carbocycles. The molecule has 1 saturated heterocycles. The molecule has 3 heterocycles. The summed E-state index contributed by atoms with van der Waals surface area (Å²) >= 11 is 12.3. The van der Waals surface area contributed by atoms with Crippen molar-refractivity contribution in [3.8, 4) is 11.3 Å². The van der Waals surface area contributed by atoms with Crippen molar-refractivity contribution in [2.45, 2.75) is 46.3 Å². The van der Waals surface area contributed by atoms with E-state index in [1.165, 1.54) is 0 Å². The molecule has 146 valence electrons. The monoisotopic (exact) mass is 409 g/mol. The molecule has 27 heavy (non-hydrogen) atoms. The number of aliphatic hydroxyl groups is 1. The van der Waals surface area contributed by atoms with Crippen LogP contribution in [0.5, 0.6) is 0 Å². The van der Waals surface area contributed by atoms with Gasteiger partial charge in [0.2, 0.25) is 0 Å². The normalized spacial score (nSPS) is 17.8. The lowest BCUT2D eigenvalue weighted by Crippen LogP contribution is -2.47. The lowest BCUT2D eigenvalue weighted by atomic mass is 9.75. The van der Waals surface area contributed by atoms with Crippen molar-refractivity contribution in [2.24, 2.45) is 11.1 Å². The Balaban J connectivity index is 1.95. The van der Waals surface area contributed by atoms with Crippen molar-refractivity contribution in [2.75, 3.05) is 18.0 Å². The minimum atomic E-state index is -0.201. The highest BCUT2D eigenvalue weighted by Gasteiger charge is 2.34. The molecule has 6 nitrogen and oxygen atoms in total. The zero-order chi connectivity index (χ0) is 19.8. The smallest absolute Gasteiger partial charge is 0.153 e. The number of nitrogens with zero attached hydrogens (tertiary/aromatic N) is 4. The van der Waals surface area contributed by atoms with Crippen molar-refractivity contribution >= 4 is 29.0 Å². The van der Waals surface area contributed by atoms with Crippen LogP contribution in [0.2, 0.25) is 10.2 Å². The average molecular weight is 410 g/mol. The predicted molar refractivity (Wildman–Crippen MR) is 109 cm³/mol. The predicted octanol–water partition coefficient (Wildman–Crippen LogP) is 3.60. The first-order valence-electron chi connectivity index (χ1n) is 9.06. The van der Waals surface area contributed by atoms with Gasteiger partial charge in [0.15, 0.2) is 5.82 Å². The number of pyridine rings is 1. The van der Waals surface area contributed by atoms with Gasteiger partial charge < -0.3 is 15.7 Å². The van der Waals surface area contributed by atoms with E-state index in [1.807, 2.05) is 6.92 Å². The van der Waals surface area contributed by atoms with E-state index in [-0.39, 0.29) is 23.2 Å². The number of aromatic nitrogens is 3. The molecular weight excluding hydrogens is 385 g/mol. The molecule has 8 heteroatoms. The van der Waals surface area contributed by atoms with Crippen molar-refractivity contribution < 1.29 is 5.11 Å². The summed E-state index contributed by atoms with van der Waals surface area (Å²) in [6.45, 7) is 7.65. The number of aliphatic hydroxyl groups excluding tert-OH is 1. The van der Waals surface area contributed by atoms with Crippen LogP contribution in [-0.4, -0.2) is 39.2 Å². The van der Waals surface area contributed by atoms with Gasteiger partial charge >= 0.3 is 0 Å². The zero-order valence-corrected chi connectivity index (χ0v) is 17.3. The summed E-state index contributed by atoms with van der Waals surface area (Å²) in [5, 5.41) is 10.5. The van der Waals surface area contributed by atoms with Gasteiger partial charge in [0, 0.05) is 30.9 Å². The average Bonchev–Trinajstić information content (AvgIpc) is 2.64. The fraction of sp³-hybridized carbons (Fsp3) is 0.526. The SMILES string of the molecule is Cc1nc(N2CCC(C)([C@H](C)N)CC2)c(CO)nc1-c1ccnc(Cl)c1Cl. The summed E-state index contributed by atoms with van der Waals surface area (Å²) in [4.78, 5) is 15.6. The molecule has 2 aromatic rings. The maximum Gasteiger partial charge on any atom is 0.153 e. The van der Waals surface area contributed by atoms with E-state index in [2.05, 4.69) is 28.7 Å². The molecule has 0 spiro atoms. The number of hydrogen-bond acceptors (Lipinski definition) is 6. The molecule has 0 amide bonds. The van der Waals surface area contributed by atoms with Crippen LogP contribution < -0.4 is 10.6 Å². The van der Waals surface area contributed by atoms with Crippen LogP contribution in [0.15, 0.2) is 12.3 Å². The fourth-order valence-corrected chi connectivity index (χ4v) is 3.80. The molecule has 1 aliphatic rings. The molecule has 0 unspecified atom stereocenters. The van der Waals surface area contributed by atoms with Crippen LogP contribution in [0.1, 0.15) is 38.1 Å². The van der Waals surface area contributed by atoms with Crippen molar-refractivity contribution in [1.82, 2.24) is 15.0 Å². The lowest BCUT2D eigenvalue weighted by molar-refractivity contribution is 0.204. The number of halogens is 2. The van der Waals surface area contributed by atoms with Crippen molar-refractivity contribution in [1.29, 1.82) is 0 Å². The quantitative estimate of drug-likeness (QED) is 0.749. The van der Waals surface area contributed by atoms with Gasteiger partial charge in [-0.05, 0) is 38.2 Å². The van der Waals surface area contributed by atoms with E-state index in [9.17, 15) is 5.11 Å². The zero-order valence-electron chi connectivity index (χ0n) is 15.8. The molecule has 0 aliphatic carbocycles. The molecule has 1 atom stereocenters. The summed E-state index contributed by atoms with van der Waals surface area (Å²) in [5.41, 5.74) is 8.81. The maximum absolute atomic E-state index is 9.91. The first-order valence-corrected chi connectivity index (χ1v) is 9.81. The summed E-state index contributed by atoms with van der Waals surface area (Å²) in [5.74, 6) is 0.724. The Bertz CT molecular complexity index is 835. The molecule has 0 bridgehead atoms. The Kier molecular flexibility index (Phi) is 5.91. The van der Waals surface area contributed by atoms with Crippen LogP contribution in [0.4, 0.5) is 5.82 Å². The fourth-order valence-electron chi connectivity index (χ4n) is 3.44. The Labute approximate surface area is 169 Å². The van der Waals surface area contributed by atoms with Gasteiger partial charge in [-0.3, -0.25) is 0 Å². The highest BCUT2D eigenvalue weighted by molar-refractivity contribution is 6.42. The van der Waals surface area contributed by atoms with Gasteiger partial charge in [-0.2, -0.15) is 0 Å². The number of anilines is 1. The summed E-state index contributed by atoms with van der Waals surface area (Å²) in [6.07, 6.45) is 3.53. The second-order valence-electron chi connectivity index (χ2n) is 7.48. The second-order valence-corrected chi connectivity index (χ2v) is 8.22. The van der Waals surface area contributed by atoms with Gasteiger partial charge in [-0.1, -0.05) is 30.1 Å². The summed E-state index contributed by atoms with van der Waals surface area (Å²) in [7, 11) is 0. The van der Waals surface area contributed by atoms with E-state index in [0.717, 1.165) is 37.4 Å². The summed E-state index contributed by atoms with van der Waals surface area (Å²) < 4.78 is 0. The van der Waals surface area contributed by atoms with Crippen LogP contribution >= 0.6 is 23.2 Å². The van der Waals surface area contributed by atoms with Gasteiger partial charge in [0.1, 0.15) is 10.8 Å². The molecule has 2 aromatic heterocycles. The number of hydrogen-bond donors (Lipinski definition) is 2. The molecule has 3 rings (SSSR count). The van der Waals surface area contributed by atoms with E-state index in [1.54, 1.807) is 12.3 Å². The number of aryl methyl sites for hydroxylation is 1. The van der Waals surface area contributed by atoms with Crippen LogP contribution in [-0.2, 0) is 6.61 Å². The number of rotatable bonds is 4. The minimum Gasteiger partial charge on any atom is -0.390 e. The Morgan fingerprint density at radius 3 is 2.56 bits per heavy atom. The Morgan fingerprint density at radius 2 is 1.96 bits per heavy atom. The standard InChI is InChI=1S/C19H25Cl2N5O/c1-11-16(13-4-7-23-17(21)15(13)20)25-14(10-27)18(24-11)26-8-5-19(3,6-9-26)12(2)22/h4,7,12,27H,5-6,8-10,22H2,1-3H3/t12-/m0/s1. The minimum absolute atomic E-state index is 0.125. The van der Waals surface area contributed by atoms with Gasteiger partial charge in [-0.25, -0.2) is 15.0 Å². The van der Waals surface area contributed by atoms with Gasteiger partial charge in [0.25, 0.3) is 0 Å². The van der Waals surface area contributed by atoms with Gasteiger partial charge in [-0.15, -0.1) is 0 Å². The molecule has 3 N–H and O–H groups in total. The first kappa shape index (κ1) is 20.3. The second kappa shape index (κ2) is 7.87. The Morgan fingerprint density at radius 1 is 1.30 bits per heavy atom. The van der Waals surface area contributed by atoms with E-state index < -0.39 is 0 Å². The lowest BCUT2D eigenvalue weighted by Gasteiger charge is -2.42.